The van der Waals surface area contributed by atoms with E-state index < -0.39 is 0 Å². The van der Waals surface area contributed by atoms with Crippen LogP contribution < -0.4 is 5.32 Å². The van der Waals surface area contributed by atoms with Crippen LogP contribution in [0.15, 0.2) is 17.2 Å². The Balaban J connectivity index is 2.45. The van der Waals surface area contributed by atoms with Crippen LogP contribution in [0.5, 0.6) is 0 Å². The minimum Gasteiger partial charge on any atom is -0.313 e. The van der Waals surface area contributed by atoms with Gasteiger partial charge in [-0.05, 0) is 25.5 Å². The van der Waals surface area contributed by atoms with Gasteiger partial charge in [-0.15, -0.1) is 11.3 Å². The lowest BCUT2D eigenvalue weighted by Crippen LogP contribution is -2.17. The first kappa shape index (κ1) is 11.4. The van der Waals surface area contributed by atoms with Gasteiger partial charge in [-0.2, -0.15) is 0 Å². The number of rotatable bonds is 6. The van der Waals surface area contributed by atoms with Gasteiger partial charge in [-0.3, -0.25) is 0 Å². The number of hydrogen-bond donors (Lipinski definition) is 1. The van der Waals surface area contributed by atoms with E-state index >= 15 is 0 Å². The van der Waals surface area contributed by atoms with Crippen molar-refractivity contribution in [3.05, 3.63) is 22.2 Å². The Morgan fingerprint density at radius 3 is 3.00 bits per heavy atom. The van der Waals surface area contributed by atoms with Gasteiger partial charge in [0, 0.05) is 18.1 Å². The highest BCUT2D eigenvalue weighted by molar-refractivity contribution is 7.10. The zero-order chi connectivity index (χ0) is 10.2. The molecule has 0 spiro atoms. The lowest BCUT2D eigenvalue weighted by Gasteiger charge is -2.04. The smallest absolute Gasteiger partial charge is 0.115 e. The summed E-state index contributed by atoms with van der Waals surface area (Å²) >= 11 is 1.69. The third-order valence-electron chi connectivity index (χ3n) is 2.01. The monoisotopic (exact) mass is 210 g/mol. The average Bonchev–Trinajstić information content (AvgIpc) is 2.69. The highest BCUT2D eigenvalue weighted by atomic mass is 32.1. The molecular formula is C11H18N2S. The van der Waals surface area contributed by atoms with E-state index in [0.29, 0.717) is 0 Å². The van der Waals surface area contributed by atoms with Crippen LogP contribution in [-0.2, 0) is 0 Å². The van der Waals surface area contributed by atoms with Gasteiger partial charge >= 0.3 is 0 Å². The van der Waals surface area contributed by atoms with Crippen molar-refractivity contribution >= 4 is 17.4 Å². The van der Waals surface area contributed by atoms with Crippen molar-refractivity contribution in [1.29, 1.82) is 0 Å². The molecule has 14 heavy (non-hydrogen) atoms. The number of thiazole rings is 1. The summed E-state index contributed by atoms with van der Waals surface area (Å²) in [5, 5.41) is 6.53. The summed E-state index contributed by atoms with van der Waals surface area (Å²) in [6.07, 6.45) is 6.32. The van der Waals surface area contributed by atoms with Gasteiger partial charge in [0.15, 0.2) is 0 Å². The predicted octanol–water partition coefficient (Wildman–Crippen LogP) is 2.94. The summed E-state index contributed by atoms with van der Waals surface area (Å²) in [5.41, 5.74) is 1.42. The van der Waals surface area contributed by atoms with Crippen molar-refractivity contribution in [1.82, 2.24) is 10.3 Å². The minimum absolute atomic E-state index is 0.990. The molecule has 0 unspecified atom stereocenters. The third kappa shape index (κ3) is 4.03. The zero-order valence-electron chi connectivity index (χ0n) is 8.92. The van der Waals surface area contributed by atoms with E-state index in [1.54, 1.807) is 11.3 Å². The summed E-state index contributed by atoms with van der Waals surface area (Å²) in [6, 6.07) is 0. The number of aromatic nitrogens is 1. The quantitative estimate of drug-likeness (QED) is 0.730. The number of nitrogens with one attached hydrogen (secondary N) is 1. The van der Waals surface area contributed by atoms with E-state index in [4.69, 9.17) is 0 Å². The maximum absolute atomic E-state index is 4.25. The average molecular weight is 210 g/mol. The van der Waals surface area contributed by atoms with E-state index in [-0.39, 0.29) is 0 Å². The molecule has 0 atom stereocenters. The number of nitrogens with zero attached hydrogens (tertiary/aromatic N) is 1. The van der Waals surface area contributed by atoms with Crippen LogP contribution in [0.1, 0.15) is 31.7 Å². The Morgan fingerprint density at radius 1 is 1.57 bits per heavy atom. The molecule has 0 saturated heterocycles. The summed E-state index contributed by atoms with van der Waals surface area (Å²) in [6.45, 7) is 6.45. The molecule has 1 heterocycles. The molecule has 1 rings (SSSR count). The van der Waals surface area contributed by atoms with Crippen LogP contribution in [0.2, 0.25) is 0 Å². The van der Waals surface area contributed by atoms with Crippen LogP contribution >= 0.6 is 11.3 Å². The fourth-order valence-electron chi connectivity index (χ4n) is 1.18. The SMILES string of the molecule is CCCNC/C(=C/c1nccs1)CC. The molecule has 0 bridgehead atoms. The molecule has 0 saturated carbocycles. The molecule has 1 aromatic heterocycles. The fraction of sp³-hybridized carbons (Fsp3) is 0.545. The first-order chi connectivity index (χ1) is 6.86. The van der Waals surface area contributed by atoms with E-state index in [1.165, 1.54) is 12.0 Å². The highest BCUT2D eigenvalue weighted by Crippen LogP contribution is 2.11. The Hall–Kier alpha value is -0.670. The van der Waals surface area contributed by atoms with Gasteiger partial charge in [0.05, 0.1) is 0 Å². The van der Waals surface area contributed by atoms with Crippen LogP contribution in [0, 0.1) is 0 Å². The second-order valence-corrected chi connectivity index (χ2v) is 4.13. The van der Waals surface area contributed by atoms with Crippen molar-refractivity contribution in [2.24, 2.45) is 0 Å². The predicted molar refractivity (Wildman–Crippen MR) is 63.5 cm³/mol. The highest BCUT2D eigenvalue weighted by Gasteiger charge is 1.96. The molecule has 3 heteroatoms. The maximum atomic E-state index is 4.25. The van der Waals surface area contributed by atoms with Gasteiger partial charge in [0.25, 0.3) is 0 Å². The van der Waals surface area contributed by atoms with Crippen LogP contribution in [0.3, 0.4) is 0 Å². The van der Waals surface area contributed by atoms with Gasteiger partial charge in [0.2, 0.25) is 0 Å². The van der Waals surface area contributed by atoms with Crippen molar-refractivity contribution in [2.45, 2.75) is 26.7 Å². The molecule has 1 aromatic rings. The van der Waals surface area contributed by atoms with E-state index in [0.717, 1.165) is 24.5 Å². The molecule has 0 amide bonds. The topological polar surface area (TPSA) is 24.9 Å². The molecular weight excluding hydrogens is 192 g/mol. The number of hydrogen-bond acceptors (Lipinski definition) is 3. The summed E-state index contributed by atoms with van der Waals surface area (Å²) in [5.74, 6) is 0. The molecule has 0 aliphatic rings. The Labute approximate surface area is 90.1 Å². The van der Waals surface area contributed by atoms with Crippen molar-refractivity contribution in [2.75, 3.05) is 13.1 Å². The normalized spacial score (nSPS) is 12.0. The zero-order valence-corrected chi connectivity index (χ0v) is 9.73. The van der Waals surface area contributed by atoms with Crippen molar-refractivity contribution in [3.8, 4) is 0 Å². The lowest BCUT2D eigenvalue weighted by molar-refractivity contribution is 0.706. The summed E-state index contributed by atoms with van der Waals surface area (Å²) < 4.78 is 0. The molecule has 78 valence electrons. The second kappa shape index (κ2) is 6.74. The third-order valence-corrected chi connectivity index (χ3v) is 2.73. The first-order valence-electron chi connectivity index (χ1n) is 5.16. The van der Waals surface area contributed by atoms with Gasteiger partial charge in [-0.1, -0.05) is 19.4 Å². The van der Waals surface area contributed by atoms with Crippen LogP contribution in [0.25, 0.3) is 6.08 Å². The van der Waals surface area contributed by atoms with Gasteiger partial charge in [0.1, 0.15) is 5.01 Å². The molecule has 0 aliphatic heterocycles. The second-order valence-electron chi connectivity index (χ2n) is 3.20. The molecule has 2 nitrogen and oxygen atoms in total. The van der Waals surface area contributed by atoms with Gasteiger partial charge < -0.3 is 5.32 Å². The van der Waals surface area contributed by atoms with Crippen LogP contribution in [0.4, 0.5) is 0 Å². The van der Waals surface area contributed by atoms with Crippen molar-refractivity contribution in [3.63, 3.8) is 0 Å². The standard InChI is InChI=1S/C11H18N2S/c1-3-5-12-9-10(4-2)8-11-13-6-7-14-11/h6-8,12H,3-5,9H2,1-2H3/b10-8+. The fourth-order valence-corrected chi connectivity index (χ4v) is 1.80. The first-order valence-corrected chi connectivity index (χ1v) is 6.04. The van der Waals surface area contributed by atoms with Crippen molar-refractivity contribution < 1.29 is 0 Å². The summed E-state index contributed by atoms with van der Waals surface area (Å²) in [4.78, 5) is 4.25. The molecule has 0 aliphatic carbocycles. The van der Waals surface area contributed by atoms with Crippen LogP contribution in [-0.4, -0.2) is 18.1 Å². The Kier molecular flexibility index (Phi) is 5.49. The molecule has 0 radical (unpaired) electrons. The minimum atomic E-state index is 0.990. The maximum Gasteiger partial charge on any atom is 0.115 e. The van der Waals surface area contributed by atoms with E-state index in [9.17, 15) is 0 Å². The largest absolute Gasteiger partial charge is 0.313 e. The molecule has 1 N–H and O–H groups in total. The van der Waals surface area contributed by atoms with E-state index in [1.807, 2.05) is 11.6 Å². The Bertz CT molecular complexity index is 265. The summed E-state index contributed by atoms with van der Waals surface area (Å²) in [7, 11) is 0. The molecule has 0 fully saturated rings. The Morgan fingerprint density at radius 2 is 2.43 bits per heavy atom. The van der Waals surface area contributed by atoms with E-state index in [2.05, 4.69) is 30.2 Å². The van der Waals surface area contributed by atoms with Gasteiger partial charge in [-0.25, -0.2) is 4.98 Å². The molecule has 0 aromatic carbocycles. The lowest BCUT2D eigenvalue weighted by atomic mass is 10.2.